The van der Waals surface area contributed by atoms with Gasteiger partial charge in [-0.2, -0.15) is 13.2 Å². The monoisotopic (exact) mass is 400 g/mol. The molecule has 2 aliphatic rings. The molecule has 1 saturated heterocycles. The number of aromatic nitrogens is 1. The van der Waals surface area contributed by atoms with Crippen LogP contribution in [0.2, 0.25) is 0 Å². The maximum Gasteiger partial charge on any atom is 0.417 e. The Morgan fingerprint density at radius 2 is 1.84 bits per heavy atom. The molecular formula is C15H21Cl2F3N4O. The van der Waals surface area contributed by atoms with Crippen molar-refractivity contribution in [2.75, 3.05) is 18.0 Å². The molecule has 3 rings (SSSR count). The van der Waals surface area contributed by atoms with Gasteiger partial charge in [-0.1, -0.05) is 0 Å². The second-order valence-corrected chi connectivity index (χ2v) is 6.29. The first kappa shape index (κ1) is 21.8. The Kier molecular flexibility index (Phi) is 6.95. The molecule has 0 radical (unpaired) electrons. The summed E-state index contributed by atoms with van der Waals surface area (Å²) in [6, 6.07) is 2.50. The van der Waals surface area contributed by atoms with Gasteiger partial charge in [0.1, 0.15) is 5.82 Å². The molecule has 5 nitrogen and oxygen atoms in total. The fourth-order valence-electron chi connectivity index (χ4n) is 2.68. The van der Waals surface area contributed by atoms with Crippen LogP contribution in [0, 0.1) is 0 Å². The first-order valence-corrected chi connectivity index (χ1v) is 7.66. The molecule has 0 atom stereocenters. The SMILES string of the molecule is Cl.Cl.NC1(C(=O)NC2CCN(c3ccc(C(F)(F)F)cn3)CC2)CC1. The van der Waals surface area contributed by atoms with Gasteiger partial charge in [0.25, 0.3) is 0 Å². The number of pyridine rings is 1. The van der Waals surface area contributed by atoms with Crippen molar-refractivity contribution in [1.29, 1.82) is 0 Å². The van der Waals surface area contributed by atoms with E-state index in [1.54, 1.807) is 0 Å². The fraction of sp³-hybridized carbons (Fsp3) is 0.600. The molecule has 1 saturated carbocycles. The van der Waals surface area contributed by atoms with Crippen molar-refractivity contribution in [1.82, 2.24) is 10.3 Å². The average molecular weight is 401 g/mol. The normalized spacial score (nSPS) is 19.4. The predicted molar refractivity (Wildman–Crippen MR) is 93.3 cm³/mol. The molecule has 0 bridgehead atoms. The summed E-state index contributed by atoms with van der Waals surface area (Å²) in [5, 5.41) is 2.96. The molecule has 0 spiro atoms. The van der Waals surface area contributed by atoms with Crippen molar-refractivity contribution in [2.45, 2.75) is 43.4 Å². The standard InChI is InChI=1S/C15H19F3N4O.2ClH/c16-15(17,18)10-1-2-12(20-9-10)22-7-3-11(4-8-22)21-13(23)14(19)5-6-14;;/h1-2,9,11H,3-8,19H2,(H,21,23);2*1H. The molecule has 2 heterocycles. The van der Waals surface area contributed by atoms with Crippen LogP contribution >= 0.6 is 24.8 Å². The minimum absolute atomic E-state index is 0. The lowest BCUT2D eigenvalue weighted by Crippen LogP contribution is -2.50. The zero-order valence-corrected chi connectivity index (χ0v) is 15.0. The van der Waals surface area contributed by atoms with Gasteiger partial charge in [0, 0.05) is 25.3 Å². The first-order valence-electron chi connectivity index (χ1n) is 7.66. The van der Waals surface area contributed by atoms with E-state index in [-0.39, 0.29) is 36.8 Å². The quantitative estimate of drug-likeness (QED) is 0.817. The third kappa shape index (κ3) is 5.12. The number of carbonyl (C=O) groups excluding carboxylic acids is 1. The van der Waals surface area contributed by atoms with E-state index in [2.05, 4.69) is 10.3 Å². The van der Waals surface area contributed by atoms with Crippen LogP contribution in [0.5, 0.6) is 0 Å². The van der Waals surface area contributed by atoms with Crippen molar-refractivity contribution >= 4 is 36.5 Å². The van der Waals surface area contributed by atoms with Crippen LogP contribution in [0.1, 0.15) is 31.2 Å². The Morgan fingerprint density at radius 1 is 1.24 bits per heavy atom. The van der Waals surface area contributed by atoms with Crippen molar-refractivity contribution in [3.63, 3.8) is 0 Å². The summed E-state index contributed by atoms with van der Waals surface area (Å²) in [7, 11) is 0. The van der Waals surface area contributed by atoms with Crippen LogP contribution in [0.3, 0.4) is 0 Å². The number of alkyl halides is 3. The van der Waals surface area contributed by atoms with Crippen molar-refractivity contribution in [3.05, 3.63) is 23.9 Å². The highest BCUT2D eigenvalue weighted by Crippen LogP contribution is 2.33. The van der Waals surface area contributed by atoms with E-state index in [1.807, 2.05) is 4.90 Å². The molecule has 0 unspecified atom stereocenters. The lowest BCUT2D eigenvalue weighted by atomic mass is 10.0. The summed E-state index contributed by atoms with van der Waals surface area (Å²) >= 11 is 0. The van der Waals surface area contributed by atoms with E-state index in [0.717, 1.165) is 37.9 Å². The molecule has 10 heteroatoms. The number of nitrogens with zero attached hydrogens (tertiary/aromatic N) is 2. The molecule has 2 fully saturated rings. The van der Waals surface area contributed by atoms with Gasteiger partial charge in [-0.25, -0.2) is 4.98 Å². The van der Waals surface area contributed by atoms with E-state index in [4.69, 9.17) is 5.73 Å². The van der Waals surface area contributed by atoms with Gasteiger partial charge in [0.05, 0.1) is 11.1 Å². The third-order valence-electron chi connectivity index (χ3n) is 4.47. The molecular weight excluding hydrogens is 380 g/mol. The lowest BCUT2D eigenvalue weighted by Gasteiger charge is -2.33. The number of nitrogens with two attached hydrogens (primary N) is 1. The number of piperidine rings is 1. The average Bonchev–Trinajstić information content (AvgIpc) is 3.27. The maximum atomic E-state index is 12.5. The Morgan fingerprint density at radius 3 is 2.28 bits per heavy atom. The predicted octanol–water partition coefficient (Wildman–Crippen LogP) is 2.52. The molecule has 25 heavy (non-hydrogen) atoms. The second kappa shape index (κ2) is 7.97. The largest absolute Gasteiger partial charge is 0.417 e. The van der Waals surface area contributed by atoms with Crippen LogP contribution in [-0.4, -0.2) is 35.6 Å². The van der Waals surface area contributed by atoms with Crippen LogP contribution in [0.15, 0.2) is 18.3 Å². The summed E-state index contributed by atoms with van der Waals surface area (Å²) in [6.45, 7) is 1.28. The van der Waals surface area contributed by atoms with E-state index < -0.39 is 17.3 Å². The zero-order valence-electron chi connectivity index (χ0n) is 13.4. The maximum absolute atomic E-state index is 12.5. The second-order valence-electron chi connectivity index (χ2n) is 6.29. The van der Waals surface area contributed by atoms with Gasteiger partial charge in [0.2, 0.25) is 5.91 Å². The van der Waals surface area contributed by atoms with E-state index in [0.29, 0.717) is 18.9 Å². The molecule has 1 aromatic heterocycles. The molecule has 3 N–H and O–H groups in total. The van der Waals surface area contributed by atoms with Gasteiger partial charge >= 0.3 is 6.18 Å². The summed E-state index contributed by atoms with van der Waals surface area (Å²) in [5.74, 6) is 0.434. The van der Waals surface area contributed by atoms with Gasteiger partial charge in [0.15, 0.2) is 0 Å². The number of carbonyl (C=O) groups is 1. The molecule has 1 aliphatic heterocycles. The summed E-state index contributed by atoms with van der Waals surface area (Å²) in [4.78, 5) is 17.7. The fourth-order valence-corrected chi connectivity index (χ4v) is 2.68. The van der Waals surface area contributed by atoms with Crippen LogP contribution in [-0.2, 0) is 11.0 Å². The van der Waals surface area contributed by atoms with Gasteiger partial charge < -0.3 is 16.0 Å². The van der Waals surface area contributed by atoms with Crippen LogP contribution in [0.25, 0.3) is 0 Å². The Bertz CT molecular complexity index is 585. The summed E-state index contributed by atoms with van der Waals surface area (Å²) in [6.07, 6.45) is -0.604. The third-order valence-corrected chi connectivity index (χ3v) is 4.47. The van der Waals surface area contributed by atoms with Gasteiger partial charge in [-0.3, -0.25) is 4.79 Å². The zero-order chi connectivity index (χ0) is 16.7. The Labute approximate surface area is 156 Å². The number of halogens is 5. The Balaban J connectivity index is 0.00000156. The lowest BCUT2D eigenvalue weighted by molar-refractivity contribution is -0.137. The van der Waals surface area contributed by atoms with Gasteiger partial charge in [-0.05, 0) is 37.8 Å². The smallest absolute Gasteiger partial charge is 0.356 e. The van der Waals surface area contributed by atoms with Crippen molar-refractivity contribution < 1.29 is 18.0 Å². The van der Waals surface area contributed by atoms with Crippen molar-refractivity contribution in [2.24, 2.45) is 5.73 Å². The summed E-state index contributed by atoms with van der Waals surface area (Å²) in [5.41, 5.74) is 4.43. The minimum atomic E-state index is -4.37. The number of anilines is 1. The minimum Gasteiger partial charge on any atom is -0.356 e. The van der Waals surface area contributed by atoms with Crippen molar-refractivity contribution in [3.8, 4) is 0 Å². The van der Waals surface area contributed by atoms with E-state index in [1.165, 1.54) is 6.07 Å². The summed E-state index contributed by atoms with van der Waals surface area (Å²) < 4.78 is 37.6. The highest BCUT2D eigenvalue weighted by atomic mass is 35.5. The number of hydrogen-bond donors (Lipinski definition) is 2. The molecule has 1 amide bonds. The number of rotatable bonds is 3. The molecule has 1 aromatic rings. The van der Waals surface area contributed by atoms with Crippen LogP contribution in [0.4, 0.5) is 19.0 Å². The number of amides is 1. The highest BCUT2D eigenvalue weighted by molar-refractivity contribution is 5.89. The number of nitrogens with one attached hydrogen (secondary N) is 1. The number of hydrogen-bond acceptors (Lipinski definition) is 4. The Hall–Kier alpha value is -1.25. The van der Waals surface area contributed by atoms with E-state index >= 15 is 0 Å². The molecule has 1 aliphatic carbocycles. The highest BCUT2D eigenvalue weighted by Gasteiger charge is 2.46. The topological polar surface area (TPSA) is 71.2 Å². The molecule has 0 aromatic carbocycles. The van der Waals surface area contributed by atoms with E-state index in [9.17, 15) is 18.0 Å². The first-order chi connectivity index (χ1) is 10.8. The van der Waals surface area contributed by atoms with Gasteiger partial charge in [-0.15, -0.1) is 24.8 Å². The molecule has 142 valence electrons. The van der Waals surface area contributed by atoms with Crippen LogP contribution < -0.4 is 16.0 Å².